The van der Waals surface area contributed by atoms with Gasteiger partial charge in [-0.2, -0.15) is 0 Å². The quantitative estimate of drug-likeness (QED) is 0.296. The number of aromatic nitrogens is 2. The number of nitrogens with zero attached hydrogens (tertiary/aromatic N) is 2. The summed E-state index contributed by atoms with van der Waals surface area (Å²) in [5.41, 5.74) is 4.28. The van der Waals surface area contributed by atoms with E-state index >= 15 is 0 Å². The van der Waals surface area contributed by atoms with Crippen LogP contribution in [-0.2, 0) is 6.54 Å². The average molecular weight is 456 g/mol. The molecule has 28 heavy (non-hydrogen) atoms. The van der Waals surface area contributed by atoms with Crippen molar-refractivity contribution in [2.45, 2.75) is 19.9 Å². The molecule has 4 rings (SSSR count). The van der Waals surface area contributed by atoms with E-state index in [9.17, 15) is 0 Å². The molecule has 0 saturated heterocycles. The molecule has 0 aliphatic carbocycles. The van der Waals surface area contributed by atoms with Crippen LogP contribution in [0.25, 0.3) is 22.4 Å². The SMILES string of the molecule is Cc1cc(OCCCn2c(-c3ccc(Br)cc3)nc3ccccc32)ccc1Cl. The highest BCUT2D eigenvalue weighted by Gasteiger charge is 2.12. The smallest absolute Gasteiger partial charge is 0.141 e. The van der Waals surface area contributed by atoms with Crippen molar-refractivity contribution in [3.05, 3.63) is 81.8 Å². The van der Waals surface area contributed by atoms with E-state index < -0.39 is 0 Å². The molecule has 5 heteroatoms. The highest BCUT2D eigenvalue weighted by molar-refractivity contribution is 9.10. The number of rotatable bonds is 6. The summed E-state index contributed by atoms with van der Waals surface area (Å²) >= 11 is 9.58. The molecule has 0 atom stereocenters. The van der Waals surface area contributed by atoms with Crippen molar-refractivity contribution in [3.63, 3.8) is 0 Å². The Morgan fingerprint density at radius 2 is 1.82 bits per heavy atom. The van der Waals surface area contributed by atoms with Crippen LogP contribution in [0.15, 0.2) is 71.2 Å². The van der Waals surface area contributed by atoms with Crippen molar-refractivity contribution in [1.82, 2.24) is 9.55 Å². The van der Waals surface area contributed by atoms with Gasteiger partial charge in [0.15, 0.2) is 0 Å². The van der Waals surface area contributed by atoms with Crippen molar-refractivity contribution < 1.29 is 4.74 Å². The van der Waals surface area contributed by atoms with Gasteiger partial charge in [0.05, 0.1) is 17.6 Å². The van der Waals surface area contributed by atoms with E-state index in [1.165, 1.54) is 0 Å². The van der Waals surface area contributed by atoms with Crippen molar-refractivity contribution in [2.75, 3.05) is 6.61 Å². The van der Waals surface area contributed by atoms with Crippen LogP contribution in [0.1, 0.15) is 12.0 Å². The lowest BCUT2D eigenvalue weighted by Crippen LogP contribution is -2.06. The standard InChI is InChI=1S/C23H20BrClN2O/c1-16-15-19(11-12-20(16)25)28-14-4-13-27-22-6-3-2-5-21(22)26-23(27)17-7-9-18(24)10-8-17/h2-3,5-12,15H,4,13-14H2,1H3. The fourth-order valence-corrected chi connectivity index (χ4v) is 3.62. The van der Waals surface area contributed by atoms with E-state index in [1.807, 2.05) is 43.3 Å². The summed E-state index contributed by atoms with van der Waals surface area (Å²) in [4.78, 5) is 4.86. The molecular weight excluding hydrogens is 436 g/mol. The first-order valence-electron chi connectivity index (χ1n) is 9.22. The van der Waals surface area contributed by atoms with Gasteiger partial charge in [-0.25, -0.2) is 4.98 Å². The van der Waals surface area contributed by atoms with Crippen LogP contribution in [0.4, 0.5) is 0 Å². The van der Waals surface area contributed by atoms with Gasteiger partial charge in [0.25, 0.3) is 0 Å². The van der Waals surface area contributed by atoms with Gasteiger partial charge in [0.1, 0.15) is 11.6 Å². The maximum absolute atomic E-state index is 6.08. The Morgan fingerprint density at radius 1 is 1.04 bits per heavy atom. The van der Waals surface area contributed by atoms with Gasteiger partial charge in [-0.1, -0.05) is 51.8 Å². The zero-order valence-corrected chi connectivity index (χ0v) is 17.9. The number of ether oxygens (including phenoxy) is 1. The van der Waals surface area contributed by atoms with Gasteiger partial charge in [-0.15, -0.1) is 0 Å². The van der Waals surface area contributed by atoms with Crippen LogP contribution in [0.3, 0.4) is 0 Å². The number of fused-ring (bicyclic) bond motifs is 1. The molecule has 3 nitrogen and oxygen atoms in total. The summed E-state index contributed by atoms with van der Waals surface area (Å²) in [6.07, 6.45) is 0.881. The number of hydrogen-bond donors (Lipinski definition) is 0. The number of imidazole rings is 1. The largest absolute Gasteiger partial charge is 0.494 e. The van der Waals surface area contributed by atoms with Crippen LogP contribution in [0.5, 0.6) is 5.75 Å². The summed E-state index contributed by atoms with van der Waals surface area (Å²) < 4.78 is 9.25. The third-order valence-electron chi connectivity index (χ3n) is 4.68. The summed E-state index contributed by atoms with van der Waals surface area (Å²) in [6, 6.07) is 22.3. The second-order valence-corrected chi connectivity index (χ2v) is 8.02. The fourth-order valence-electron chi connectivity index (χ4n) is 3.24. The summed E-state index contributed by atoms with van der Waals surface area (Å²) in [5.74, 6) is 1.83. The maximum Gasteiger partial charge on any atom is 0.141 e. The Balaban J connectivity index is 1.53. The van der Waals surface area contributed by atoms with E-state index in [1.54, 1.807) is 0 Å². The lowest BCUT2D eigenvalue weighted by Gasteiger charge is -2.11. The number of halogens is 2. The zero-order valence-electron chi connectivity index (χ0n) is 15.5. The van der Waals surface area contributed by atoms with Crippen LogP contribution >= 0.6 is 27.5 Å². The summed E-state index contributed by atoms with van der Waals surface area (Å²) in [7, 11) is 0. The first kappa shape index (κ1) is 19.0. The normalized spacial score (nSPS) is 11.1. The van der Waals surface area contributed by atoms with Crippen molar-refractivity contribution in [3.8, 4) is 17.1 Å². The van der Waals surface area contributed by atoms with Gasteiger partial charge in [0.2, 0.25) is 0 Å². The highest BCUT2D eigenvalue weighted by Crippen LogP contribution is 2.26. The van der Waals surface area contributed by atoms with Crippen LogP contribution in [0.2, 0.25) is 5.02 Å². The zero-order chi connectivity index (χ0) is 19.5. The van der Waals surface area contributed by atoms with Gasteiger partial charge in [-0.3, -0.25) is 0 Å². The Labute approximate surface area is 178 Å². The van der Waals surface area contributed by atoms with Crippen molar-refractivity contribution in [2.24, 2.45) is 0 Å². The van der Waals surface area contributed by atoms with Crippen LogP contribution in [0, 0.1) is 6.92 Å². The Hall–Kier alpha value is -2.30. The van der Waals surface area contributed by atoms with E-state index in [4.69, 9.17) is 21.3 Å². The third-order valence-corrected chi connectivity index (χ3v) is 5.63. The molecule has 0 saturated carbocycles. The molecule has 0 aliphatic heterocycles. The first-order chi connectivity index (χ1) is 13.6. The molecule has 0 amide bonds. The van der Waals surface area contributed by atoms with Crippen LogP contribution in [-0.4, -0.2) is 16.2 Å². The lowest BCUT2D eigenvalue weighted by molar-refractivity contribution is 0.302. The Kier molecular flexibility index (Phi) is 5.69. The number of hydrogen-bond acceptors (Lipinski definition) is 2. The van der Waals surface area contributed by atoms with Crippen LogP contribution < -0.4 is 4.74 Å². The monoisotopic (exact) mass is 454 g/mol. The fraction of sp³-hybridized carbons (Fsp3) is 0.174. The molecule has 0 unspecified atom stereocenters. The number of para-hydroxylation sites is 2. The predicted molar refractivity (Wildman–Crippen MR) is 119 cm³/mol. The van der Waals surface area contributed by atoms with E-state index in [-0.39, 0.29) is 0 Å². The van der Waals surface area contributed by atoms with E-state index in [0.29, 0.717) is 6.61 Å². The minimum Gasteiger partial charge on any atom is -0.494 e. The molecule has 0 aliphatic rings. The molecule has 3 aromatic carbocycles. The third kappa shape index (κ3) is 4.08. The summed E-state index contributed by atoms with van der Waals surface area (Å²) in [5, 5.41) is 0.761. The molecule has 142 valence electrons. The molecule has 1 heterocycles. The van der Waals surface area contributed by atoms with E-state index in [0.717, 1.165) is 56.2 Å². The molecule has 0 spiro atoms. The molecule has 0 fully saturated rings. The topological polar surface area (TPSA) is 27.1 Å². The second kappa shape index (κ2) is 8.38. The minimum atomic E-state index is 0.632. The lowest BCUT2D eigenvalue weighted by atomic mass is 10.2. The predicted octanol–water partition coefficient (Wildman–Crippen LogP) is 6.90. The molecular formula is C23H20BrClN2O. The van der Waals surface area contributed by atoms with Gasteiger partial charge in [0, 0.05) is 21.6 Å². The first-order valence-corrected chi connectivity index (χ1v) is 10.4. The molecule has 0 bridgehead atoms. The van der Waals surface area contributed by atoms with Gasteiger partial charge < -0.3 is 9.30 Å². The highest BCUT2D eigenvalue weighted by atomic mass is 79.9. The van der Waals surface area contributed by atoms with Gasteiger partial charge in [-0.05, 0) is 61.4 Å². The molecule has 0 N–H and O–H groups in total. The molecule has 0 radical (unpaired) electrons. The number of benzene rings is 3. The average Bonchev–Trinajstić information content (AvgIpc) is 3.07. The number of aryl methyl sites for hydroxylation is 2. The summed E-state index contributed by atoms with van der Waals surface area (Å²) in [6.45, 7) is 3.45. The molecule has 4 aromatic rings. The van der Waals surface area contributed by atoms with E-state index in [2.05, 4.69) is 50.8 Å². The van der Waals surface area contributed by atoms with Crippen molar-refractivity contribution in [1.29, 1.82) is 0 Å². The maximum atomic E-state index is 6.08. The van der Waals surface area contributed by atoms with Crippen molar-refractivity contribution >= 4 is 38.6 Å². The van der Waals surface area contributed by atoms with Gasteiger partial charge >= 0.3 is 0 Å². The minimum absolute atomic E-state index is 0.632. The molecule has 1 aromatic heterocycles. The Morgan fingerprint density at radius 3 is 2.61 bits per heavy atom. The Bertz CT molecular complexity index is 1110. The second-order valence-electron chi connectivity index (χ2n) is 6.70.